The molecule has 1 heterocycles. The maximum absolute atomic E-state index is 11.3. The molecule has 16 heavy (non-hydrogen) atoms. The fourth-order valence-corrected chi connectivity index (χ4v) is 1.69. The highest BCUT2D eigenvalue weighted by Gasteiger charge is 2.33. The smallest absolute Gasteiger partial charge is 0.339 e. The first-order chi connectivity index (χ1) is 7.29. The van der Waals surface area contributed by atoms with E-state index in [9.17, 15) is 9.90 Å². The predicted molar refractivity (Wildman–Crippen MR) is 62.0 cm³/mol. The molecule has 1 aromatic heterocycles. The lowest BCUT2D eigenvalue weighted by Crippen LogP contribution is -2.41. The molecular formula is C10H15BrN2O3. The van der Waals surface area contributed by atoms with Crippen molar-refractivity contribution in [1.29, 1.82) is 0 Å². The van der Waals surface area contributed by atoms with Gasteiger partial charge in [-0.15, -0.1) is 0 Å². The van der Waals surface area contributed by atoms with Crippen LogP contribution in [0.1, 0.15) is 18.3 Å². The van der Waals surface area contributed by atoms with E-state index in [4.69, 9.17) is 0 Å². The summed E-state index contributed by atoms with van der Waals surface area (Å²) in [6.45, 7) is 5.18. The third-order valence-corrected chi connectivity index (χ3v) is 3.52. The number of aromatic nitrogens is 2. The van der Waals surface area contributed by atoms with Gasteiger partial charge in [0.2, 0.25) is 0 Å². The Bertz CT molecular complexity index is 412. The average Bonchev–Trinajstić information content (AvgIpc) is 2.44. The minimum atomic E-state index is -1.57. The molecule has 0 aliphatic rings. The molecule has 1 aromatic rings. The van der Waals surface area contributed by atoms with Gasteiger partial charge in [0, 0.05) is 5.69 Å². The molecule has 1 N–H and O–H groups in total. The van der Waals surface area contributed by atoms with E-state index >= 15 is 0 Å². The van der Waals surface area contributed by atoms with Crippen LogP contribution < -0.4 is 0 Å². The van der Waals surface area contributed by atoms with E-state index in [0.717, 1.165) is 15.9 Å². The summed E-state index contributed by atoms with van der Waals surface area (Å²) < 4.78 is 6.98. The molecule has 0 radical (unpaired) electrons. The first-order valence-corrected chi connectivity index (χ1v) is 5.59. The van der Waals surface area contributed by atoms with Gasteiger partial charge in [-0.25, -0.2) is 4.79 Å². The number of esters is 1. The van der Waals surface area contributed by atoms with Crippen molar-refractivity contribution in [3.63, 3.8) is 0 Å². The molecule has 0 spiro atoms. The average molecular weight is 291 g/mol. The molecule has 0 bridgehead atoms. The standard InChI is InChI=1S/C10H15BrN2O3/c1-6-8(11)7(2)13(12-6)5-10(3,15)9(14)16-4/h15H,5H2,1-4H3. The molecule has 0 aliphatic heterocycles. The Morgan fingerprint density at radius 2 is 2.19 bits per heavy atom. The van der Waals surface area contributed by atoms with E-state index in [1.165, 1.54) is 14.0 Å². The highest BCUT2D eigenvalue weighted by molar-refractivity contribution is 9.10. The molecule has 1 unspecified atom stereocenters. The fraction of sp³-hybridized carbons (Fsp3) is 0.600. The minimum Gasteiger partial charge on any atom is -0.467 e. The van der Waals surface area contributed by atoms with Crippen LogP contribution in [-0.4, -0.2) is 33.6 Å². The number of hydrogen-bond acceptors (Lipinski definition) is 4. The maximum atomic E-state index is 11.3. The molecule has 0 aliphatic carbocycles. The van der Waals surface area contributed by atoms with E-state index in [-0.39, 0.29) is 6.54 Å². The summed E-state index contributed by atoms with van der Waals surface area (Å²) in [5.41, 5.74) is 0.108. The second kappa shape index (κ2) is 4.55. The Morgan fingerprint density at radius 1 is 1.62 bits per heavy atom. The Morgan fingerprint density at radius 3 is 2.56 bits per heavy atom. The lowest BCUT2D eigenvalue weighted by atomic mass is 10.1. The maximum Gasteiger partial charge on any atom is 0.339 e. The van der Waals surface area contributed by atoms with Crippen LogP contribution in [0.5, 0.6) is 0 Å². The van der Waals surface area contributed by atoms with Crippen molar-refractivity contribution in [1.82, 2.24) is 9.78 Å². The Hall–Kier alpha value is -0.880. The molecule has 0 fully saturated rings. The van der Waals surface area contributed by atoms with Crippen LogP contribution in [0, 0.1) is 13.8 Å². The number of aryl methyl sites for hydroxylation is 1. The van der Waals surface area contributed by atoms with Gasteiger partial charge in [-0.05, 0) is 36.7 Å². The third kappa shape index (κ3) is 2.44. The molecule has 0 saturated heterocycles. The lowest BCUT2D eigenvalue weighted by Gasteiger charge is -2.20. The van der Waals surface area contributed by atoms with Crippen LogP contribution in [0.15, 0.2) is 4.47 Å². The molecule has 0 aromatic carbocycles. The number of rotatable bonds is 3. The Balaban J connectivity index is 2.96. The number of halogens is 1. The van der Waals surface area contributed by atoms with Crippen LogP contribution in [0.25, 0.3) is 0 Å². The Kier molecular flexibility index (Phi) is 3.75. The number of carbonyl (C=O) groups excluding carboxylic acids is 1. The van der Waals surface area contributed by atoms with E-state index in [1.807, 2.05) is 13.8 Å². The molecule has 0 amide bonds. The van der Waals surface area contributed by atoms with Crippen LogP contribution >= 0.6 is 15.9 Å². The molecule has 6 heteroatoms. The van der Waals surface area contributed by atoms with Crippen molar-refractivity contribution < 1.29 is 14.6 Å². The van der Waals surface area contributed by atoms with Crippen molar-refractivity contribution in [2.24, 2.45) is 0 Å². The third-order valence-electron chi connectivity index (χ3n) is 2.38. The zero-order chi connectivity index (χ0) is 12.5. The van der Waals surface area contributed by atoms with E-state index < -0.39 is 11.6 Å². The summed E-state index contributed by atoms with van der Waals surface area (Å²) in [4.78, 5) is 11.3. The summed E-state index contributed by atoms with van der Waals surface area (Å²) in [6, 6.07) is 0. The Labute approximate surface area is 103 Å². The van der Waals surface area contributed by atoms with E-state index in [0.29, 0.717) is 0 Å². The van der Waals surface area contributed by atoms with Crippen LogP contribution in [0.2, 0.25) is 0 Å². The molecule has 1 atom stereocenters. The first-order valence-electron chi connectivity index (χ1n) is 4.80. The second-order valence-corrected chi connectivity index (χ2v) is 4.70. The fourth-order valence-electron chi connectivity index (χ4n) is 1.41. The quantitative estimate of drug-likeness (QED) is 0.850. The highest BCUT2D eigenvalue weighted by atomic mass is 79.9. The van der Waals surface area contributed by atoms with Gasteiger partial charge in [0.15, 0.2) is 5.60 Å². The van der Waals surface area contributed by atoms with Gasteiger partial charge in [-0.3, -0.25) is 4.68 Å². The number of nitrogens with zero attached hydrogens (tertiary/aromatic N) is 2. The predicted octanol–water partition coefficient (Wildman–Crippen LogP) is 1.19. The van der Waals surface area contributed by atoms with Gasteiger partial charge >= 0.3 is 5.97 Å². The zero-order valence-corrected chi connectivity index (χ0v) is 11.3. The molecule has 5 nitrogen and oxygen atoms in total. The molecule has 0 saturated carbocycles. The van der Waals surface area contributed by atoms with Crippen molar-refractivity contribution in [2.75, 3.05) is 7.11 Å². The van der Waals surface area contributed by atoms with E-state index in [1.54, 1.807) is 4.68 Å². The summed E-state index contributed by atoms with van der Waals surface area (Å²) in [5.74, 6) is -0.670. The normalized spacial score (nSPS) is 14.6. The first kappa shape index (κ1) is 13.2. The summed E-state index contributed by atoms with van der Waals surface area (Å²) in [6.07, 6.45) is 0. The van der Waals surface area contributed by atoms with E-state index in [2.05, 4.69) is 25.8 Å². The molecular weight excluding hydrogens is 276 g/mol. The SMILES string of the molecule is COC(=O)C(C)(O)Cn1nc(C)c(Br)c1C. The second-order valence-electron chi connectivity index (χ2n) is 3.91. The lowest BCUT2D eigenvalue weighted by molar-refractivity contribution is -0.162. The number of methoxy groups -OCH3 is 1. The number of hydrogen-bond donors (Lipinski definition) is 1. The van der Waals surface area contributed by atoms with Gasteiger partial charge in [-0.1, -0.05) is 0 Å². The zero-order valence-electron chi connectivity index (χ0n) is 9.74. The van der Waals surface area contributed by atoms with Crippen molar-refractivity contribution >= 4 is 21.9 Å². The van der Waals surface area contributed by atoms with Gasteiger partial charge in [0.25, 0.3) is 0 Å². The van der Waals surface area contributed by atoms with Crippen LogP contribution in [0.3, 0.4) is 0 Å². The van der Waals surface area contributed by atoms with Crippen molar-refractivity contribution in [2.45, 2.75) is 32.9 Å². The molecule has 90 valence electrons. The van der Waals surface area contributed by atoms with Crippen molar-refractivity contribution in [3.8, 4) is 0 Å². The summed E-state index contributed by atoms with van der Waals surface area (Å²) in [5, 5.41) is 14.1. The largest absolute Gasteiger partial charge is 0.467 e. The monoisotopic (exact) mass is 290 g/mol. The van der Waals surface area contributed by atoms with Gasteiger partial charge < -0.3 is 9.84 Å². The van der Waals surface area contributed by atoms with Gasteiger partial charge in [0.1, 0.15) is 0 Å². The number of carbonyl (C=O) groups is 1. The van der Waals surface area contributed by atoms with Crippen LogP contribution in [-0.2, 0) is 16.1 Å². The summed E-state index contributed by atoms with van der Waals surface area (Å²) in [7, 11) is 1.24. The minimum absolute atomic E-state index is 0.0674. The van der Waals surface area contributed by atoms with Gasteiger partial charge in [0.05, 0.1) is 23.8 Å². The highest BCUT2D eigenvalue weighted by Crippen LogP contribution is 2.21. The summed E-state index contributed by atoms with van der Waals surface area (Å²) >= 11 is 3.38. The van der Waals surface area contributed by atoms with Gasteiger partial charge in [-0.2, -0.15) is 5.10 Å². The number of aliphatic hydroxyl groups is 1. The molecule has 1 rings (SSSR count). The van der Waals surface area contributed by atoms with Crippen molar-refractivity contribution in [3.05, 3.63) is 15.9 Å². The topological polar surface area (TPSA) is 64.3 Å². The number of ether oxygens (including phenoxy) is 1. The van der Waals surface area contributed by atoms with Crippen LogP contribution in [0.4, 0.5) is 0 Å².